The van der Waals surface area contributed by atoms with Gasteiger partial charge in [-0.25, -0.2) is 0 Å². The fraction of sp³-hybridized carbons (Fsp3) is 0.0714. The number of H-pyrrole nitrogens is 1. The van der Waals surface area contributed by atoms with Crippen molar-refractivity contribution in [3.8, 4) is 0 Å². The molecule has 2 aromatic heterocycles. The van der Waals surface area contributed by atoms with E-state index in [9.17, 15) is 4.79 Å². The molecular formula is C14H12N4OS. The van der Waals surface area contributed by atoms with E-state index in [2.05, 4.69) is 20.5 Å². The van der Waals surface area contributed by atoms with Crippen LogP contribution in [-0.4, -0.2) is 27.3 Å². The number of pyridine rings is 1. The van der Waals surface area contributed by atoms with Crippen LogP contribution in [0.3, 0.4) is 0 Å². The van der Waals surface area contributed by atoms with Crippen LogP contribution in [0.15, 0.2) is 47.6 Å². The number of benzene rings is 1. The normalized spacial score (nSPS) is 10.7. The molecule has 6 heteroatoms. The zero-order valence-electron chi connectivity index (χ0n) is 10.8. The summed E-state index contributed by atoms with van der Waals surface area (Å²) in [6.45, 7) is 0. The second-order valence-electron chi connectivity index (χ2n) is 4.18. The molecule has 0 radical (unpaired) electrons. The van der Waals surface area contributed by atoms with E-state index in [-0.39, 0.29) is 5.91 Å². The molecule has 20 heavy (non-hydrogen) atoms. The molecule has 0 aliphatic heterocycles. The maximum Gasteiger partial charge on any atom is 0.276 e. The zero-order valence-corrected chi connectivity index (χ0v) is 11.6. The first-order valence-electron chi connectivity index (χ1n) is 6.01. The summed E-state index contributed by atoms with van der Waals surface area (Å²) < 4.78 is 0. The average molecular weight is 284 g/mol. The van der Waals surface area contributed by atoms with Gasteiger partial charge in [-0.1, -0.05) is 6.07 Å². The maximum atomic E-state index is 12.3. The molecule has 0 aliphatic carbocycles. The van der Waals surface area contributed by atoms with Gasteiger partial charge in [-0.05, 0) is 30.5 Å². The lowest BCUT2D eigenvalue weighted by Crippen LogP contribution is -2.12. The van der Waals surface area contributed by atoms with Gasteiger partial charge in [0.2, 0.25) is 0 Å². The highest BCUT2D eigenvalue weighted by atomic mass is 32.2. The van der Waals surface area contributed by atoms with E-state index in [4.69, 9.17) is 0 Å². The van der Waals surface area contributed by atoms with Crippen molar-refractivity contribution in [1.82, 2.24) is 15.2 Å². The molecule has 5 nitrogen and oxygen atoms in total. The Kier molecular flexibility index (Phi) is 3.39. The number of aromatic nitrogens is 3. The summed E-state index contributed by atoms with van der Waals surface area (Å²) in [5.41, 5.74) is 1.90. The van der Waals surface area contributed by atoms with Crippen LogP contribution in [0.4, 0.5) is 5.69 Å². The van der Waals surface area contributed by atoms with Gasteiger partial charge < -0.3 is 5.32 Å². The van der Waals surface area contributed by atoms with Crippen molar-refractivity contribution in [1.29, 1.82) is 0 Å². The van der Waals surface area contributed by atoms with Crippen LogP contribution in [0.5, 0.6) is 0 Å². The van der Waals surface area contributed by atoms with Crippen LogP contribution < -0.4 is 5.32 Å². The van der Waals surface area contributed by atoms with Gasteiger partial charge in [-0.3, -0.25) is 14.9 Å². The predicted molar refractivity (Wildman–Crippen MR) is 80.1 cm³/mol. The van der Waals surface area contributed by atoms with Gasteiger partial charge in [0.15, 0.2) is 5.69 Å². The third-order valence-electron chi connectivity index (χ3n) is 2.91. The van der Waals surface area contributed by atoms with E-state index in [1.807, 2.05) is 30.5 Å². The summed E-state index contributed by atoms with van der Waals surface area (Å²) >= 11 is 1.63. The smallest absolute Gasteiger partial charge is 0.276 e. The van der Waals surface area contributed by atoms with E-state index in [0.717, 1.165) is 16.1 Å². The topological polar surface area (TPSA) is 70.7 Å². The summed E-state index contributed by atoms with van der Waals surface area (Å²) in [5, 5.41) is 10.4. The van der Waals surface area contributed by atoms with Gasteiger partial charge in [0, 0.05) is 23.0 Å². The molecule has 2 heterocycles. The van der Waals surface area contributed by atoms with Crippen LogP contribution in [0.1, 0.15) is 10.5 Å². The summed E-state index contributed by atoms with van der Waals surface area (Å²) in [6.07, 6.45) is 5.28. The number of nitrogens with one attached hydrogen (secondary N) is 2. The molecule has 2 N–H and O–H groups in total. The Morgan fingerprint density at radius 2 is 2.25 bits per heavy atom. The molecule has 1 aromatic carbocycles. The van der Waals surface area contributed by atoms with Gasteiger partial charge in [0.05, 0.1) is 10.9 Å². The highest BCUT2D eigenvalue weighted by molar-refractivity contribution is 7.98. The van der Waals surface area contributed by atoms with E-state index in [1.165, 1.54) is 0 Å². The molecule has 0 unspecified atom stereocenters. The fourth-order valence-corrected chi connectivity index (χ4v) is 2.38. The lowest BCUT2D eigenvalue weighted by atomic mass is 10.2. The summed E-state index contributed by atoms with van der Waals surface area (Å²) in [5.74, 6) is -0.248. The lowest BCUT2D eigenvalue weighted by Gasteiger charge is -2.05. The number of hydrogen-bond donors (Lipinski definition) is 2. The van der Waals surface area contributed by atoms with Crippen LogP contribution in [0.2, 0.25) is 0 Å². The molecule has 100 valence electrons. The standard InChI is InChI=1S/C14H12N4OS/c1-20-10-4-2-3-9(7-10)16-14(19)13-11-8-15-6-5-12(11)17-18-13/h2-8H,1H3,(H,16,19)(H,17,18). The Morgan fingerprint density at radius 3 is 3.10 bits per heavy atom. The van der Waals surface area contributed by atoms with Crippen molar-refractivity contribution in [2.45, 2.75) is 4.90 Å². The van der Waals surface area contributed by atoms with Crippen molar-refractivity contribution in [3.05, 3.63) is 48.4 Å². The predicted octanol–water partition coefficient (Wildman–Crippen LogP) is 2.93. The zero-order chi connectivity index (χ0) is 13.9. The molecule has 0 fully saturated rings. The number of amides is 1. The van der Waals surface area contributed by atoms with Gasteiger partial charge in [0.1, 0.15) is 0 Å². The Labute approximate surface area is 119 Å². The van der Waals surface area contributed by atoms with Crippen molar-refractivity contribution in [2.24, 2.45) is 0 Å². The fourth-order valence-electron chi connectivity index (χ4n) is 1.92. The molecule has 0 spiro atoms. The maximum absolute atomic E-state index is 12.3. The Hall–Kier alpha value is -2.34. The summed E-state index contributed by atoms with van der Waals surface area (Å²) in [4.78, 5) is 17.4. The van der Waals surface area contributed by atoms with E-state index in [0.29, 0.717) is 11.1 Å². The number of thioether (sulfide) groups is 1. The average Bonchev–Trinajstić information content (AvgIpc) is 2.91. The number of rotatable bonds is 3. The van der Waals surface area contributed by atoms with Gasteiger partial charge >= 0.3 is 0 Å². The molecular weight excluding hydrogens is 272 g/mol. The minimum absolute atomic E-state index is 0.248. The highest BCUT2D eigenvalue weighted by Crippen LogP contribution is 2.20. The second kappa shape index (κ2) is 5.34. The van der Waals surface area contributed by atoms with Crippen molar-refractivity contribution in [3.63, 3.8) is 0 Å². The largest absolute Gasteiger partial charge is 0.321 e. The molecule has 3 rings (SSSR count). The first kappa shape index (κ1) is 12.7. The number of nitrogens with zero attached hydrogens (tertiary/aromatic N) is 2. The Morgan fingerprint density at radius 1 is 1.35 bits per heavy atom. The highest BCUT2D eigenvalue weighted by Gasteiger charge is 2.14. The Bertz CT molecular complexity index is 768. The molecule has 0 saturated carbocycles. The number of aromatic amines is 1. The van der Waals surface area contributed by atoms with Crippen molar-refractivity contribution >= 4 is 34.3 Å². The summed E-state index contributed by atoms with van der Waals surface area (Å²) in [7, 11) is 0. The van der Waals surface area contributed by atoms with Crippen molar-refractivity contribution in [2.75, 3.05) is 11.6 Å². The van der Waals surface area contributed by atoms with Crippen LogP contribution in [0, 0.1) is 0 Å². The van der Waals surface area contributed by atoms with Gasteiger partial charge in [-0.15, -0.1) is 11.8 Å². The molecule has 3 aromatic rings. The SMILES string of the molecule is CSc1cccc(NC(=O)c2n[nH]c3ccncc23)c1. The van der Waals surface area contributed by atoms with Crippen LogP contribution >= 0.6 is 11.8 Å². The minimum Gasteiger partial charge on any atom is -0.321 e. The second-order valence-corrected chi connectivity index (χ2v) is 5.06. The van der Waals surface area contributed by atoms with Crippen LogP contribution in [-0.2, 0) is 0 Å². The monoisotopic (exact) mass is 284 g/mol. The number of hydrogen-bond acceptors (Lipinski definition) is 4. The minimum atomic E-state index is -0.248. The number of anilines is 1. The van der Waals surface area contributed by atoms with E-state index in [1.54, 1.807) is 30.2 Å². The van der Waals surface area contributed by atoms with Crippen LogP contribution in [0.25, 0.3) is 10.9 Å². The number of fused-ring (bicyclic) bond motifs is 1. The molecule has 0 bridgehead atoms. The van der Waals surface area contributed by atoms with Crippen molar-refractivity contribution < 1.29 is 4.79 Å². The third kappa shape index (κ3) is 2.37. The molecule has 1 amide bonds. The van der Waals surface area contributed by atoms with Gasteiger partial charge in [-0.2, -0.15) is 5.10 Å². The molecule has 0 atom stereocenters. The lowest BCUT2D eigenvalue weighted by molar-refractivity contribution is 0.102. The van der Waals surface area contributed by atoms with E-state index < -0.39 is 0 Å². The molecule has 0 aliphatic rings. The summed E-state index contributed by atoms with van der Waals surface area (Å²) in [6, 6.07) is 9.47. The quantitative estimate of drug-likeness (QED) is 0.725. The Balaban J connectivity index is 1.89. The number of carbonyl (C=O) groups is 1. The first-order valence-corrected chi connectivity index (χ1v) is 7.24. The van der Waals surface area contributed by atoms with Gasteiger partial charge in [0.25, 0.3) is 5.91 Å². The first-order chi connectivity index (χ1) is 9.78. The number of carbonyl (C=O) groups excluding carboxylic acids is 1. The third-order valence-corrected chi connectivity index (χ3v) is 3.63. The molecule has 0 saturated heterocycles. The van der Waals surface area contributed by atoms with E-state index >= 15 is 0 Å².